The lowest BCUT2D eigenvalue weighted by molar-refractivity contribution is 0.0595. The maximum atomic E-state index is 5.48. The van der Waals surface area contributed by atoms with Crippen molar-refractivity contribution in [3.05, 3.63) is 16.6 Å². The lowest BCUT2D eigenvalue weighted by Crippen LogP contribution is -2.08. The maximum absolute atomic E-state index is 5.48. The Bertz CT molecular complexity index is 271. The van der Waals surface area contributed by atoms with E-state index in [1.807, 2.05) is 20.0 Å². The van der Waals surface area contributed by atoms with Crippen molar-refractivity contribution in [2.45, 2.75) is 40.0 Å². The molecule has 0 bridgehead atoms. The Labute approximate surface area is 87.2 Å². The number of aromatic nitrogens is 2. The topological polar surface area (TPSA) is 27.1 Å². The van der Waals surface area contributed by atoms with Crippen LogP contribution in [0.15, 0.2) is 10.8 Å². The van der Waals surface area contributed by atoms with Gasteiger partial charge in [0.1, 0.15) is 17.0 Å². The first-order valence-electron chi connectivity index (χ1n) is 4.46. The molecule has 0 N–H and O–H groups in total. The predicted octanol–water partition coefficient (Wildman–Crippen LogP) is 2.59. The maximum Gasteiger partial charge on any atom is 0.135 e. The number of rotatable bonds is 4. The highest BCUT2D eigenvalue weighted by Crippen LogP contribution is 2.13. The zero-order valence-corrected chi connectivity index (χ0v) is 9.84. The Balaban J connectivity index is 2.65. The quantitative estimate of drug-likeness (QED) is 0.817. The highest BCUT2D eigenvalue weighted by atomic mass is 79.9. The van der Waals surface area contributed by atoms with Crippen molar-refractivity contribution >= 4 is 15.9 Å². The molecule has 1 aromatic heterocycles. The summed E-state index contributed by atoms with van der Waals surface area (Å²) >= 11 is 3.43. The molecule has 0 radical (unpaired) electrons. The Kier molecular flexibility index (Phi) is 3.93. The van der Waals surface area contributed by atoms with Crippen molar-refractivity contribution in [3.63, 3.8) is 0 Å². The van der Waals surface area contributed by atoms with Crippen molar-refractivity contribution in [1.29, 1.82) is 0 Å². The number of hydrogen-bond donors (Lipinski definition) is 0. The molecule has 0 atom stereocenters. The molecule has 0 saturated heterocycles. The fourth-order valence-electron chi connectivity index (χ4n) is 1.08. The lowest BCUT2D eigenvalue weighted by atomic mass is 10.5. The van der Waals surface area contributed by atoms with E-state index in [9.17, 15) is 0 Å². The molecule has 0 aliphatic rings. The van der Waals surface area contributed by atoms with Gasteiger partial charge in [-0.25, -0.2) is 4.98 Å². The van der Waals surface area contributed by atoms with Crippen molar-refractivity contribution in [1.82, 2.24) is 9.55 Å². The van der Waals surface area contributed by atoms with Gasteiger partial charge in [0.2, 0.25) is 0 Å². The van der Waals surface area contributed by atoms with Crippen LogP contribution in [0.5, 0.6) is 0 Å². The van der Waals surface area contributed by atoms with E-state index in [0.29, 0.717) is 6.61 Å². The average molecular weight is 247 g/mol. The molecule has 1 aromatic rings. The highest BCUT2D eigenvalue weighted by molar-refractivity contribution is 9.10. The minimum absolute atomic E-state index is 0.251. The summed E-state index contributed by atoms with van der Waals surface area (Å²) in [5, 5.41) is 0. The minimum Gasteiger partial charge on any atom is -0.371 e. The molecule has 0 spiro atoms. The van der Waals surface area contributed by atoms with Gasteiger partial charge in [0.25, 0.3) is 0 Å². The largest absolute Gasteiger partial charge is 0.371 e. The molecule has 0 saturated carbocycles. The van der Waals surface area contributed by atoms with Gasteiger partial charge in [0.05, 0.1) is 12.3 Å². The summed E-state index contributed by atoms with van der Waals surface area (Å²) in [5.74, 6) is 0.975. The van der Waals surface area contributed by atoms with Crippen LogP contribution in [0, 0.1) is 0 Å². The van der Waals surface area contributed by atoms with Gasteiger partial charge >= 0.3 is 0 Å². The molecule has 3 nitrogen and oxygen atoms in total. The summed E-state index contributed by atoms with van der Waals surface area (Å²) in [7, 11) is 0. The predicted molar refractivity (Wildman–Crippen MR) is 55.5 cm³/mol. The molecule has 13 heavy (non-hydrogen) atoms. The van der Waals surface area contributed by atoms with E-state index in [-0.39, 0.29) is 6.10 Å². The van der Waals surface area contributed by atoms with Crippen LogP contribution in [0.4, 0.5) is 0 Å². The summed E-state index contributed by atoms with van der Waals surface area (Å²) in [6, 6.07) is 0. The van der Waals surface area contributed by atoms with E-state index >= 15 is 0 Å². The SMILES string of the molecule is CCn1c(Br)cnc1COC(C)C. The van der Waals surface area contributed by atoms with Crippen LogP contribution < -0.4 is 0 Å². The fourth-order valence-corrected chi connectivity index (χ4v) is 1.64. The molecule has 0 amide bonds. The molecule has 74 valence electrons. The van der Waals surface area contributed by atoms with Crippen LogP contribution in [-0.2, 0) is 17.9 Å². The van der Waals surface area contributed by atoms with Gasteiger partial charge in [-0.3, -0.25) is 0 Å². The Morgan fingerprint density at radius 1 is 1.62 bits per heavy atom. The van der Waals surface area contributed by atoms with Crippen molar-refractivity contribution < 1.29 is 4.74 Å². The molecular weight excluding hydrogens is 232 g/mol. The highest BCUT2D eigenvalue weighted by Gasteiger charge is 2.06. The van der Waals surface area contributed by atoms with E-state index in [0.717, 1.165) is 17.0 Å². The monoisotopic (exact) mass is 246 g/mol. The van der Waals surface area contributed by atoms with Crippen molar-refractivity contribution in [3.8, 4) is 0 Å². The minimum atomic E-state index is 0.251. The second-order valence-electron chi connectivity index (χ2n) is 3.10. The summed E-state index contributed by atoms with van der Waals surface area (Å²) in [6.07, 6.45) is 2.06. The average Bonchev–Trinajstić information content (AvgIpc) is 2.42. The number of imidazole rings is 1. The van der Waals surface area contributed by atoms with Crippen LogP contribution >= 0.6 is 15.9 Å². The molecule has 0 fully saturated rings. The summed E-state index contributed by atoms with van der Waals surface area (Å²) < 4.78 is 8.58. The first-order valence-corrected chi connectivity index (χ1v) is 5.26. The molecule has 4 heteroatoms. The molecular formula is C9H15BrN2O. The smallest absolute Gasteiger partial charge is 0.135 e. The molecule has 0 aliphatic heterocycles. The lowest BCUT2D eigenvalue weighted by Gasteiger charge is -2.09. The zero-order valence-electron chi connectivity index (χ0n) is 8.25. The first kappa shape index (κ1) is 10.7. The number of ether oxygens (including phenoxy) is 1. The zero-order chi connectivity index (χ0) is 9.84. The Morgan fingerprint density at radius 3 is 2.85 bits per heavy atom. The molecule has 0 aliphatic carbocycles. The van der Waals surface area contributed by atoms with E-state index < -0.39 is 0 Å². The van der Waals surface area contributed by atoms with E-state index in [4.69, 9.17) is 4.74 Å². The van der Waals surface area contributed by atoms with Gasteiger partial charge in [-0.05, 0) is 36.7 Å². The molecule has 1 heterocycles. The normalized spacial score (nSPS) is 11.2. The van der Waals surface area contributed by atoms with Crippen molar-refractivity contribution in [2.24, 2.45) is 0 Å². The van der Waals surface area contributed by atoms with Gasteiger partial charge in [-0.15, -0.1) is 0 Å². The van der Waals surface area contributed by atoms with E-state index in [2.05, 4.69) is 32.4 Å². The summed E-state index contributed by atoms with van der Waals surface area (Å²) in [6.45, 7) is 7.63. The van der Waals surface area contributed by atoms with Crippen LogP contribution in [0.3, 0.4) is 0 Å². The van der Waals surface area contributed by atoms with Gasteiger partial charge < -0.3 is 9.30 Å². The fraction of sp³-hybridized carbons (Fsp3) is 0.667. The van der Waals surface area contributed by atoms with Crippen LogP contribution in [0.2, 0.25) is 0 Å². The van der Waals surface area contributed by atoms with E-state index in [1.165, 1.54) is 0 Å². The third kappa shape index (κ3) is 2.81. The van der Waals surface area contributed by atoms with Crippen LogP contribution in [-0.4, -0.2) is 15.7 Å². The first-order chi connectivity index (χ1) is 6.15. The van der Waals surface area contributed by atoms with Gasteiger partial charge in [-0.1, -0.05) is 0 Å². The Hall–Kier alpha value is -0.350. The van der Waals surface area contributed by atoms with Gasteiger partial charge in [0, 0.05) is 6.54 Å². The number of halogens is 1. The summed E-state index contributed by atoms with van der Waals surface area (Å²) in [5.41, 5.74) is 0. The third-order valence-corrected chi connectivity index (χ3v) is 2.38. The van der Waals surface area contributed by atoms with Crippen LogP contribution in [0.1, 0.15) is 26.6 Å². The second-order valence-corrected chi connectivity index (χ2v) is 3.91. The molecule has 0 unspecified atom stereocenters. The molecule has 0 aromatic carbocycles. The van der Waals surface area contributed by atoms with Gasteiger partial charge in [0.15, 0.2) is 0 Å². The number of hydrogen-bond acceptors (Lipinski definition) is 2. The van der Waals surface area contributed by atoms with E-state index in [1.54, 1.807) is 0 Å². The van der Waals surface area contributed by atoms with Gasteiger partial charge in [-0.2, -0.15) is 0 Å². The Morgan fingerprint density at radius 2 is 2.31 bits per heavy atom. The number of nitrogens with zero attached hydrogens (tertiary/aromatic N) is 2. The third-order valence-electron chi connectivity index (χ3n) is 1.75. The second kappa shape index (κ2) is 4.77. The standard InChI is InChI=1S/C9H15BrN2O/c1-4-12-8(10)5-11-9(12)6-13-7(2)3/h5,7H,4,6H2,1-3H3. The summed E-state index contributed by atoms with van der Waals surface area (Å²) in [4.78, 5) is 4.25. The van der Waals surface area contributed by atoms with Crippen LogP contribution in [0.25, 0.3) is 0 Å². The van der Waals surface area contributed by atoms with Crippen molar-refractivity contribution in [2.75, 3.05) is 0 Å². The molecule has 1 rings (SSSR count).